The summed E-state index contributed by atoms with van der Waals surface area (Å²) in [6, 6.07) is 4.05. The summed E-state index contributed by atoms with van der Waals surface area (Å²) in [5.41, 5.74) is 3.22. The molecule has 0 unspecified atom stereocenters. The van der Waals surface area contributed by atoms with Crippen molar-refractivity contribution in [3.8, 4) is 0 Å². The highest BCUT2D eigenvalue weighted by atomic mass is 79.9. The molecule has 1 heterocycles. The Morgan fingerprint density at radius 1 is 1.46 bits per heavy atom. The van der Waals surface area contributed by atoms with Crippen LogP contribution in [0.4, 0.5) is 0 Å². The van der Waals surface area contributed by atoms with Gasteiger partial charge in [-0.05, 0) is 18.6 Å². The molecule has 0 radical (unpaired) electrons. The van der Waals surface area contributed by atoms with Crippen LogP contribution in [-0.4, -0.2) is 10.1 Å². The van der Waals surface area contributed by atoms with Gasteiger partial charge in [0.2, 0.25) is 0 Å². The largest absolute Gasteiger partial charge is 0.392 e. The summed E-state index contributed by atoms with van der Waals surface area (Å²) in [5, 5.41) is 10.2. The monoisotopic (exact) mass is 239 g/mol. The van der Waals surface area contributed by atoms with Crippen molar-refractivity contribution in [2.24, 2.45) is 0 Å². The van der Waals surface area contributed by atoms with Crippen LogP contribution in [-0.2, 0) is 6.61 Å². The van der Waals surface area contributed by atoms with Gasteiger partial charge in [-0.2, -0.15) is 0 Å². The lowest BCUT2D eigenvalue weighted by Crippen LogP contribution is -1.81. The van der Waals surface area contributed by atoms with E-state index in [1.165, 1.54) is 5.56 Å². The van der Waals surface area contributed by atoms with E-state index >= 15 is 0 Å². The lowest BCUT2D eigenvalue weighted by Gasteiger charge is -2.00. The topological polar surface area (TPSA) is 36.0 Å². The van der Waals surface area contributed by atoms with Crippen molar-refractivity contribution in [2.75, 3.05) is 0 Å². The fourth-order valence-electron chi connectivity index (χ4n) is 1.54. The van der Waals surface area contributed by atoms with E-state index in [0.717, 1.165) is 20.9 Å². The molecular weight excluding hydrogens is 230 g/mol. The number of nitrogens with one attached hydrogen (secondary N) is 1. The van der Waals surface area contributed by atoms with Crippen LogP contribution in [0.1, 0.15) is 11.1 Å². The summed E-state index contributed by atoms with van der Waals surface area (Å²) in [5.74, 6) is 0. The molecule has 0 aliphatic rings. The maximum Gasteiger partial charge on any atom is 0.0703 e. The SMILES string of the molecule is Cc1ccc(Br)c2c(CO)c[nH]c12. The van der Waals surface area contributed by atoms with Gasteiger partial charge in [0.05, 0.1) is 6.61 Å². The second-order valence-corrected chi connectivity index (χ2v) is 3.94. The van der Waals surface area contributed by atoms with Gasteiger partial charge in [0.1, 0.15) is 0 Å². The molecule has 3 heteroatoms. The highest BCUT2D eigenvalue weighted by Gasteiger charge is 2.07. The van der Waals surface area contributed by atoms with Gasteiger partial charge in [-0.1, -0.05) is 22.0 Å². The van der Waals surface area contributed by atoms with E-state index < -0.39 is 0 Å². The van der Waals surface area contributed by atoms with E-state index in [1.807, 2.05) is 25.3 Å². The number of aromatic amines is 1. The van der Waals surface area contributed by atoms with Crippen LogP contribution in [0.5, 0.6) is 0 Å². The van der Waals surface area contributed by atoms with Gasteiger partial charge < -0.3 is 10.1 Å². The highest BCUT2D eigenvalue weighted by molar-refractivity contribution is 9.10. The third-order valence-electron chi connectivity index (χ3n) is 2.25. The van der Waals surface area contributed by atoms with Crippen molar-refractivity contribution in [3.63, 3.8) is 0 Å². The number of aromatic nitrogens is 1. The second-order valence-electron chi connectivity index (χ2n) is 3.09. The Kier molecular flexibility index (Phi) is 2.14. The summed E-state index contributed by atoms with van der Waals surface area (Å²) >= 11 is 3.47. The molecule has 0 saturated heterocycles. The molecule has 2 nitrogen and oxygen atoms in total. The number of fused-ring (bicyclic) bond motifs is 1. The molecule has 0 amide bonds. The number of rotatable bonds is 1. The van der Waals surface area contributed by atoms with Crippen molar-refractivity contribution in [1.29, 1.82) is 0 Å². The van der Waals surface area contributed by atoms with E-state index in [-0.39, 0.29) is 6.61 Å². The molecule has 0 fully saturated rings. The number of hydrogen-bond donors (Lipinski definition) is 2. The molecule has 0 saturated carbocycles. The minimum atomic E-state index is 0.0715. The summed E-state index contributed by atoms with van der Waals surface area (Å²) in [7, 11) is 0. The highest BCUT2D eigenvalue weighted by Crippen LogP contribution is 2.29. The van der Waals surface area contributed by atoms with Gasteiger partial charge in [-0.25, -0.2) is 0 Å². The van der Waals surface area contributed by atoms with E-state index in [4.69, 9.17) is 5.11 Å². The molecule has 0 spiro atoms. The maximum absolute atomic E-state index is 9.10. The Balaban J connectivity index is 2.87. The normalized spacial score (nSPS) is 11.0. The zero-order chi connectivity index (χ0) is 9.42. The van der Waals surface area contributed by atoms with E-state index in [9.17, 15) is 0 Å². The van der Waals surface area contributed by atoms with Crippen LogP contribution in [0.3, 0.4) is 0 Å². The number of aliphatic hydroxyl groups is 1. The number of halogens is 1. The lowest BCUT2D eigenvalue weighted by atomic mass is 10.1. The molecule has 2 N–H and O–H groups in total. The first kappa shape index (κ1) is 8.78. The summed E-state index contributed by atoms with van der Waals surface area (Å²) in [6.07, 6.45) is 1.85. The van der Waals surface area contributed by atoms with Crippen LogP contribution in [0.15, 0.2) is 22.8 Å². The van der Waals surface area contributed by atoms with Crippen LogP contribution in [0.25, 0.3) is 10.9 Å². The summed E-state index contributed by atoms with van der Waals surface area (Å²) in [6.45, 7) is 2.12. The molecule has 1 aromatic carbocycles. The minimum absolute atomic E-state index is 0.0715. The number of H-pyrrole nitrogens is 1. The van der Waals surface area contributed by atoms with Crippen LogP contribution >= 0.6 is 15.9 Å². The zero-order valence-electron chi connectivity index (χ0n) is 7.26. The predicted octanol–water partition coefficient (Wildman–Crippen LogP) is 2.73. The first-order valence-corrected chi connectivity index (χ1v) is 4.89. The Labute approximate surface area is 84.7 Å². The van der Waals surface area contributed by atoms with Gasteiger partial charge in [0.25, 0.3) is 0 Å². The van der Waals surface area contributed by atoms with Crippen molar-refractivity contribution in [1.82, 2.24) is 4.98 Å². The lowest BCUT2D eigenvalue weighted by molar-refractivity contribution is 0.283. The molecule has 0 bridgehead atoms. The Morgan fingerprint density at radius 3 is 2.92 bits per heavy atom. The van der Waals surface area contributed by atoms with Crippen molar-refractivity contribution in [2.45, 2.75) is 13.5 Å². The Morgan fingerprint density at radius 2 is 2.23 bits per heavy atom. The third kappa shape index (κ3) is 1.28. The van der Waals surface area contributed by atoms with Gasteiger partial charge in [0.15, 0.2) is 0 Å². The molecular formula is C10H10BrNO. The minimum Gasteiger partial charge on any atom is -0.392 e. The number of aryl methyl sites for hydroxylation is 1. The average Bonchev–Trinajstić information content (AvgIpc) is 2.56. The van der Waals surface area contributed by atoms with E-state index in [2.05, 4.69) is 20.9 Å². The van der Waals surface area contributed by atoms with Gasteiger partial charge in [0, 0.05) is 27.1 Å². The summed E-state index contributed by atoms with van der Waals surface area (Å²) in [4.78, 5) is 3.16. The standard InChI is InChI=1S/C10H10BrNO/c1-6-2-3-8(11)9-7(5-13)4-12-10(6)9/h2-4,12-13H,5H2,1H3. The molecule has 0 aliphatic heterocycles. The van der Waals surface area contributed by atoms with Crippen LogP contribution in [0.2, 0.25) is 0 Å². The van der Waals surface area contributed by atoms with E-state index in [1.54, 1.807) is 0 Å². The smallest absolute Gasteiger partial charge is 0.0703 e. The fourth-order valence-corrected chi connectivity index (χ4v) is 2.12. The van der Waals surface area contributed by atoms with Crippen LogP contribution in [0, 0.1) is 6.92 Å². The predicted molar refractivity (Wildman–Crippen MR) is 56.7 cm³/mol. The van der Waals surface area contributed by atoms with Gasteiger partial charge in [-0.15, -0.1) is 0 Å². The second kappa shape index (κ2) is 3.16. The quantitative estimate of drug-likeness (QED) is 0.789. The van der Waals surface area contributed by atoms with Crippen molar-refractivity contribution < 1.29 is 5.11 Å². The molecule has 13 heavy (non-hydrogen) atoms. The number of hydrogen-bond acceptors (Lipinski definition) is 1. The fraction of sp³-hybridized carbons (Fsp3) is 0.200. The van der Waals surface area contributed by atoms with Crippen LogP contribution < -0.4 is 0 Å². The first-order chi connectivity index (χ1) is 6.24. The van der Waals surface area contributed by atoms with E-state index in [0.29, 0.717) is 0 Å². The zero-order valence-corrected chi connectivity index (χ0v) is 8.85. The molecule has 0 atom stereocenters. The average molecular weight is 240 g/mol. The summed E-state index contributed by atoms with van der Waals surface area (Å²) < 4.78 is 1.03. The number of benzene rings is 1. The van der Waals surface area contributed by atoms with Crippen molar-refractivity contribution in [3.05, 3.63) is 33.9 Å². The third-order valence-corrected chi connectivity index (χ3v) is 2.91. The molecule has 2 rings (SSSR count). The molecule has 1 aromatic heterocycles. The Hall–Kier alpha value is -0.800. The molecule has 2 aromatic rings. The Bertz CT molecular complexity index is 447. The number of aliphatic hydroxyl groups excluding tert-OH is 1. The molecule has 0 aliphatic carbocycles. The first-order valence-electron chi connectivity index (χ1n) is 4.10. The molecule has 68 valence electrons. The van der Waals surface area contributed by atoms with Gasteiger partial charge in [-0.3, -0.25) is 0 Å². The maximum atomic E-state index is 9.10. The van der Waals surface area contributed by atoms with Gasteiger partial charge >= 0.3 is 0 Å². The van der Waals surface area contributed by atoms with Crippen molar-refractivity contribution >= 4 is 26.8 Å².